The van der Waals surface area contributed by atoms with Gasteiger partial charge in [0, 0.05) is 6.54 Å². The molecule has 0 bridgehead atoms. The van der Waals surface area contributed by atoms with E-state index in [-0.39, 0.29) is 18.9 Å². The molecule has 0 heterocycles. The first-order valence-corrected chi connectivity index (χ1v) is 4.56. The van der Waals surface area contributed by atoms with E-state index in [0.29, 0.717) is 12.5 Å². The summed E-state index contributed by atoms with van der Waals surface area (Å²) in [5, 5.41) is 8.59. The van der Waals surface area contributed by atoms with Gasteiger partial charge in [-0.1, -0.05) is 5.92 Å². The van der Waals surface area contributed by atoms with Crippen LogP contribution in [0.3, 0.4) is 0 Å². The fourth-order valence-corrected chi connectivity index (χ4v) is 1.23. The number of hydrogen-bond donors (Lipinski definition) is 1. The third kappa shape index (κ3) is 3.48. The number of carboxylic acids is 1. The molecule has 1 fully saturated rings. The average molecular weight is 195 g/mol. The normalized spacial score (nSPS) is 14.5. The molecule has 1 rings (SSSR count). The van der Waals surface area contributed by atoms with Crippen molar-refractivity contribution in [1.29, 1.82) is 0 Å². The van der Waals surface area contributed by atoms with E-state index in [2.05, 4.69) is 5.92 Å². The Balaban J connectivity index is 2.46. The summed E-state index contributed by atoms with van der Waals surface area (Å²) in [7, 11) is 0. The van der Waals surface area contributed by atoms with Gasteiger partial charge in [0.15, 0.2) is 0 Å². The van der Waals surface area contributed by atoms with Crippen LogP contribution >= 0.6 is 0 Å². The van der Waals surface area contributed by atoms with Crippen molar-refractivity contribution >= 4 is 11.9 Å². The van der Waals surface area contributed by atoms with Crippen LogP contribution in [0.25, 0.3) is 0 Å². The van der Waals surface area contributed by atoms with Crippen molar-refractivity contribution in [1.82, 2.24) is 4.90 Å². The van der Waals surface area contributed by atoms with Crippen LogP contribution in [0, 0.1) is 18.3 Å². The molecule has 0 aromatic heterocycles. The highest BCUT2D eigenvalue weighted by Crippen LogP contribution is 2.29. The average Bonchev–Trinajstić information content (AvgIpc) is 2.86. The largest absolute Gasteiger partial charge is 0.480 e. The second kappa shape index (κ2) is 4.66. The van der Waals surface area contributed by atoms with E-state index >= 15 is 0 Å². The van der Waals surface area contributed by atoms with Crippen molar-refractivity contribution in [3.05, 3.63) is 0 Å². The number of hydrogen-bond acceptors (Lipinski definition) is 2. The van der Waals surface area contributed by atoms with Crippen LogP contribution in [0.4, 0.5) is 0 Å². The fraction of sp³-hybridized carbons (Fsp3) is 0.600. The number of terminal acetylenes is 1. The van der Waals surface area contributed by atoms with Gasteiger partial charge in [0.25, 0.3) is 0 Å². The van der Waals surface area contributed by atoms with E-state index in [4.69, 9.17) is 11.5 Å². The van der Waals surface area contributed by atoms with Crippen LogP contribution in [0.5, 0.6) is 0 Å². The lowest BCUT2D eigenvalue weighted by atomic mass is 10.3. The van der Waals surface area contributed by atoms with Gasteiger partial charge in [-0.3, -0.25) is 9.59 Å². The smallest absolute Gasteiger partial charge is 0.323 e. The molecular weight excluding hydrogens is 182 g/mol. The Bertz CT molecular complexity index is 276. The van der Waals surface area contributed by atoms with E-state index < -0.39 is 5.97 Å². The van der Waals surface area contributed by atoms with Gasteiger partial charge >= 0.3 is 5.97 Å². The Kier molecular flexibility index (Phi) is 3.52. The van der Waals surface area contributed by atoms with Crippen molar-refractivity contribution in [3.8, 4) is 12.3 Å². The van der Waals surface area contributed by atoms with Gasteiger partial charge in [0.2, 0.25) is 5.91 Å². The zero-order valence-electron chi connectivity index (χ0n) is 7.90. The molecule has 1 saturated carbocycles. The molecule has 4 heteroatoms. The molecule has 0 unspecified atom stereocenters. The molecule has 0 atom stereocenters. The van der Waals surface area contributed by atoms with Gasteiger partial charge in [-0.25, -0.2) is 0 Å². The lowest BCUT2D eigenvalue weighted by molar-refractivity contribution is -0.144. The highest BCUT2D eigenvalue weighted by Gasteiger charge is 2.27. The minimum Gasteiger partial charge on any atom is -0.480 e. The van der Waals surface area contributed by atoms with Crippen molar-refractivity contribution in [3.63, 3.8) is 0 Å². The van der Waals surface area contributed by atoms with Crippen LogP contribution in [0.15, 0.2) is 0 Å². The second-order valence-corrected chi connectivity index (χ2v) is 3.49. The molecule has 76 valence electrons. The maximum Gasteiger partial charge on any atom is 0.323 e. The molecule has 0 aliphatic heterocycles. The Morgan fingerprint density at radius 1 is 1.50 bits per heavy atom. The number of carbonyl (C=O) groups is 2. The molecule has 4 nitrogen and oxygen atoms in total. The molecule has 1 aliphatic carbocycles. The number of aliphatic carboxylic acids is 1. The predicted octanol–water partition coefficient (Wildman–Crippen LogP) is 0.333. The Morgan fingerprint density at radius 3 is 2.57 bits per heavy atom. The summed E-state index contributed by atoms with van der Waals surface area (Å²) in [5.74, 6) is 1.46. The van der Waals surface area contributed by atoms with Gasteiger partial charge in [-0.05, 0) is 18.8 Å². The Morgan fingerprint density at radius 2 is 2.14 bits per heavy atom. The highest BCUT2D eigenvalue weighted by atomic mass is 16.4. The fourth-order valence-electron chi connectivity index (χ4n) is 1.23. The first-order chi connectivity index (χ1) is 6.63. The van der Waals surface area contributed by atoms with Crippen molar-refractivity contribution in [2.75, 3.05) is 13.1 Å². The predicted molar refractivity (Wildman–Crippen MR) is 50.4 cm³/mol. The number of carboxylic acid groups (broad SMARTS) is 1. The number of rotatable bonds is 5. The monoisotopic (exact) mass is 195 g/mol. The second-order valence-electron chi connectivity index (χ2n) is 3.49. The molecule has 1 N–H and O–H groups in total. The third-order valence-electron chi connectivity index (χ3n) is 2.11. The topological polar surface area (TPSA) is 57.6 Å². The summed E-state index contributed by atoms with van der Waals surface area (Å²) in [6.45, 7) is 0.295. The zero-order chi connectivity index (χ0) is 10.6. The van der Waals surface area contributed by atoms with E-state index in [1.165, 1.54) is 4.90 Å². The molecule has 1 amide bonds. The number of nitrogens with zero attached hydrogens (tertiary/aromatic N) is 1. The summed E-state index contributed by atoms with van der Waals surface area (Å²) >= 11 is 0. The lowest BCUT2D eigenvalue weighted by Crippen LogP contribution is -2.36. The van der Waals surface area contributed by atoms with Gasteiger partial charge < -0.3 is 10.0 Å². The summed E-state index contributed by atoms with van der Waals surface area (Å²) in [5.41, 5.74) is 0. The maximum absolute atomic E-state index is 11.4. The molecular formula is C10H13NO3. The zero-order valence-corrected chi connectivity index (χ0v) is 7.90. The van der Waals surface area contributed by atoms with Crippen molar-refractivity contribution in [2.45, 2.75) is 19.3 Å². The summed E-state index contributed by atoms with van der Waals surface area (Å²) in [4.78, 5) is 23.2. The van der Waals surface area contributed by atoms with E-state index in [1.54, 1.807) is 0 Å². The van der Waals surface area contributed by atoms with Crippen molar-refractivity contribution < 1.29 is 14.7 Å². The molecule has 1 aliphatic rings. The Hall–Kier alpha value is -1.50. The first kappa shape index (κ1) is 10.6. The molecule has 0 saturated heterocycles. The summed E-state index contributed by atoms with van der Waals surface area (Å²) in [6, 6.07) is 0. The minimum atomic E-state index is -0.990. The minimum absolute atomic E-state index is 0.0139. The van der Waals surface area contributed by atoms with Gasteiger partial charge in [-0.15, -0.1) is 6.42 Å². The number of carbonyl (C=O) groups excluding carboxylic acids is 1. The van der Waals surface area contributed by atoms with Crippen LogP contribution in [0.2, 0.25) is 0 Å². The first-order valence-electron chi connectivity index (χ1n) is 4.56. The van der Waals surface area contributed by atoms with Crippen LogP contribution < -0.4 is 0 Å². The highest BCUT2D eigenvalue weighted by molar-refractivity contribution is 5.82. The molecule has 14 heavy (non-hydrogen) atoms. The summed E-state index contributed by atoms with van der Waals surface area (Å²) in [6.07, 6.45) is 7.15. The molecule has 0 spiro atoms. The molecule has 0 radical (unpaired) electrons. The third-order valence-corrected chi connectivity index (χ3v) is 2.11. The van der Waals surface area contributed by atoms with Crippen LogP contribution in [-0.4, -0.2) is 35.0 Å². The van der Waals surface area contributed by atoms with Gasteiger partial charge in [-0.2, -0.15) is 0 Å². The molecule has 0 aromatic rings. The van der Waals surface area contributed by atoms with Crippen LogP contribution in [-0.2, 0) is 9.59 Å². The number of amides is 1. The van der Waals surface area contributed by atoms with E-state index in [0.717, 1.165) is 12.8 Å². The van der Waals surface area contributed by atoms with Crippen LogP contribution in [0.1, 0.15) is 19.3 Å². The SMILES string of the molecule is C#CCC(=O)N(CC(=O)O)CC1CC1. The van der Waals surface area contributed by atoms with E-state index in [1.807, 2.05) is 0 Å². The van der Waals surface area contributed by atoms with Gasteiger partial charge in [0.05, 0.1) is 6.42 Å². The van der Waals surface area contributed by atoms with Crippen molar-refractivity contribution in [2.24, 2.45) is 5.92 Å². The van der Waals surface area contributed by atoms with Gasteiger partial charge in [0.1, 0.15) is 6.54 Å². The van der Waals surface area contributed by atoms with E-state index in [9.17, 15) is 9.59 Å². The lowest BCUT2D eigenvalue weighted by Gasteiger charge is -2.19. The molecule has 0 aromatic carbocycles. The maximum atomic E-state index is 11.4. The quantitative estimate of drug-likeness (QED) is 0.643. The standard InChI is InChI=1S/C10H13NO3/c1-2-3-9(12)11(7-10(13)14)6-8-4-5-8/h1,8H,3-7H2,(H,13,14). The summed E-state index contributed by atoms with van der Waals surface area (Å²) < 4.78 is 0. The Labute approximate surface area is 82.9 Å².